The molecule has 6 nitrogen and oxygen atoms in total. The molecule has 0 bridgehead atoms. The molecule has 1 atom stereocenters. The van der Waals surface area contributed by atoms with Gasteiger partial charge in [0, 0.05) is 34.4 Å². The molecule has 8 heteroatoms. The number of nitrogens with zero attached hydrogens (tertiary/aromatic N) is 2. The van der Waals surface area contributed by atoms with Gasteiger partial charge in [0.1, 0.15) is 16.8 Å². The zero-order valence-electron chi connectivity index (χ0n) is 16.6. The molecule has 0 amide bonds. The Bertz CT molecular complexity index is 1280. The topological polar surface area (TPSA) is 81.5 Å². The molecule has 31 heavy (non-hydrogen) atoms. The van der Waals surface area contributed by atoms with Gasteiger partial charge in [-0.2, -0.15) is 8.75 Å². The first-order valence-electron chi connectivity index (χ1n) is 9.63. The first-order chi connectivity index (χ1) is 15.1. The summed E-state index contributed by atoms with van der Waals surface area (Å²) >= 11 is 2.72. The van der Waals surface area contributed by atoms with Gasteiger partial charge in [-0.1, -0.05) is 12.1 Å². The van der Waals surface area contributed by atoms with Crippen LogP contribution in [0.3, 0.4) is 0 Å². The fourth-order valence-electron chi connectivity index (χ4n) is 3.77. The van der Waals surface area contributed by atoms with Crippen LogP contribution in [0.2, 0.25) is 0 Å². The number of rotatable bonds is 6. The molecule has 0 saturated heterocycles. The lowest BCUT2D eigenvalue weighted by atomic mass is 9.89. The van der Waals surface area contributed by atoms with E-state index in [1.54, 1.807) is 42.7 Å². The number of fused-ring (bicyclic) bond motifs is 1. The van der Waals surface area contributed by atoms with E-state index < -0.39 is 11.8 Å². The average Bonchev–Trinajstić information content (AvgIpc) is 3.51. The van der Waals surface area contributed by atoms with Crippen molar-refractivity contribution in [1.82, 2.24) is 8.75 Å². The number of ether oxygens (including phenoxy) is 2. The second-order valence-corrected chi connectivity index (χ2v) is 8.80. The Balaban J connectivity index is 1.60. The first kappa shape index (κ1) is 19.9. The molecule has 5 rings (SSSR count). The van der Waals surface area contributed by atoms with Crippen molar-refractivity contribution in [1.29, 1.82) is 0 Å². The molecule has 2 aromatic heterocycles. The van der Waals surface area contributed by atoms with Crippen molar-refractivity contribution in [3.8, 4) is 5.75 Å². The lowest BCUT2D eigenvalue weighted by Crippen LogP contribution is -2.29. The van der Waals surface area contributed by atoms with Crippen molar-refractivity contribution >= 4 is 40.1 Å². The summed E-state index contributed by atoms with van der Waals surface area (Å²) in [5.41, 5.74) is 4.04. The van der Waals surface area contributed by atoms with E-state index in [1.807, 2.05) is 35.7 Å². The van der Waals surface area contributed by atoms with Crippen LogP contribution in [0.15, 0.2) is 71.1 Å². The van der Waals surface area contributed by atoms with E-state index >= 15 is 0 Å². The molecule has 3 heterocycles. The second kappa shape index (κ2) is 7.88. The van der Waals surface area contributed by atoms with Crippen molar-refractivity contribution in [3.05, 3.63) is 87.1 Å². The molecule has 0 radical (unpaired) electrons. The van der Waals surface area contributed by atoms with Crippen molar-refractivity contribution in [2.45, 2.75) is 18.6 Å². The maximum Gasteiger partial charge on any atom is 0.337 e. The number of aliphatic hydroxyl groups is 1. The van der Waals surface area contributed by atoms with E-state index in [0.29, 0.717) is 35.3 Å². The van der Waals surface area contributed by atoms with Crippen LogP contribution in [0.25, 0.3) is 11.0 Å². The summed E-state index contributed by atoms with van der Waals surface area (Å²) in [5.74, 6) is -1.69. The van der Waals surface area contributed by atoms with Crippen LogP contribution in [0.4, 0.5) is 0 Å². The molecule has 156 valence electrons. The molecule has 0 saturated carbocycles. The smallest absolute Gasteiger partial charge is 0.337 e. The Morgan fingerprint density at radius 3 is 2.61 bits per heavy atom. The Morgan fingerprint density at radius 2 is 1.87 bits per heavy atom. The quantitative estimate of drug-likeness (QED) is 0.443. The molecule has 2 aromatic carbocycles. The first-order valence-corrected chi connectivity index (χ1v) is 11.2. The Kier molecular flexibility index (Phi) is 5.05. The zero-order valence-corrected chi connectivity index (χ0v) is 18.2. The fraction of sp³-hybridized carbons (Fsp3) is 0.174. The third-order valence-electron chi connectivity index (χ3n) is 5.37. The minimum atomic E-state index is -1.84. The Morgan fingerprint density at radius 1 is 1.06 bits per heavy atom. The molecule has 1 N–H and O–H groups in total. The van der Waals surface area contributed by atoms with Gasteiger partial charge in [-0.3, -0.25) is 0 Å². The number of benzene rings is 2. The predicted octanol–water partition coefficient (Wildman–Crippen LogP) is 4.25. The van der Waals surface area contributed by atoms with E-state index in [4.69, 9.17) is 9.47 Å². The van der Waals surface area contributed by atoms with E-state index in [1.165, 1.54) is 0 Å². The minimum Gasteiger partial charge on any atom is -0.497 e. The normalized spacial score (nSPS) is 18.6. The molecule has 1 aliphatic heterocycles. The molecular weight excluding hydrogens is 432 g/mol. The minimum absolute atomic E-state index is 0.350. The average molecular weight is 451 g/mol. The van der Waals surface area contributed by atoms with Gasteiger partial charge in [0.15, 0.2) is 0 Å². The Hall–Kier alpha value is -3.07. The highest BCUT2D eigenvalue weighted by Crippen LogP contribution is 2.43. The molecule has 0 spiro atoms. The monoisotopic (exact) mass is 450 g/mol. The van der Waals surface area contributed by atoms with Gasteiger partial charge < -0.3 is 14.6 Å². The van der Waals surface area contributed by atoms with Crippen LogP contribution in [0.5, 0.6) is 5.75 Å². The summed E-state index contributed by atoms with van der Waals surface area (Å²) in [7, 11) is 1.58. The van der Waals surface area contributed by atoms with Crippen LogP contribution in [0, 0.1) is 0 Å². The number of hydrogen-bond donors (Lipinski definition) is 1. The van der Waals surface area contributed by atoms with Crippen LogP contribution in [0.1, 0.15) is 16.0 Å². The number of carbonyl (C=O) groups excluding carboxylic acids is 1. The molecule has 4 aromatic rings. The predicted molar refractivity (Wildman–Crippen MR) is 119 cm³/mol. The number of methoxy groups -OCH3 is 1. The lowest BCUT2D eigenvalue weighted by Gasteiger charge is -2.26. The largest absolute Gasteiger partial charge is 0.497 e. The number of carbonyl (C=O) groups is 1. The van der Waals surface area contributed by atoms with Crippen LogP contribution in [-0.2, 0) is 28.2 Å². The van der Waals surface area contributed by atoms with Gasteiger partial charge in [0.05, 0.1) is 18.8 Å². The second-order valence-electron chi connectivity index (χ2n) is 7.24. The summed E-state index contributed by atoms with van der Waals surface area (Å²) in [6, 6.07) is 16.6. The van der Waals surface area contributed by atoms with E-state index in [-0.39, 0.29) is 0 Å². The highest BCUT2D eigenvalue weighted by molar-refractivity contribution is 7.09. The zero-order chi connectivity index (χ0) is 21.4. The highest BCUT2D eigenvalue weighted by atomic mass is 32.1. The van der Waals surface area contributed by atoms with Gasteiger partial charge in [-0.05, 0) is 53.4 Å². The van der Waals surface area contributed by atoms with Crippen LogP contribution in [-0.4, -0.2) is 26.9 Å². The maximum atomic E-state index is 12.9. The number of esters is 1. The fourth-order valence-corrected chi connectivity index (χ4v) is 5.00. The molecule has 0 fully saturated rings. The number of cyclic esters (lactones) is 1. The van der Waals surface area contributed by atoms with Gasteiger partial charge >= 0.3 is 5.97 Å². The van der Waals surface area contributed by atoms with Gasteiger partial charge in [0.25, 0.3) is 5.79 Å². The SMILES string of the molecule is COc1ccc(C2(O)OC(=O)C(Cc3cccs3)=C2Cc2ccc3nsnc3c2)cc1. The van der Waals surface area contributed by atoms with Crippen LogP contribution < -0.4 is 4.74 Å². The summed E-state index contributed by atoms with van der Waals surface area (Å²) in [5, 5.41) is 13.6. The van der Waals surface area contributed by atoms with E-state index in [0.717, 1.165) is 33.2 Å². The van der Waals surface area contributed by atoms with Crippen molar-refractivity contribution < 1.29 is 19.4 Å². The third-order valence-corrected chi connectivity index (χ3v) is 6.80. The Labute approximate surface area is 186 Å². The summed E-state index contributed by atoms with van der Waals surface area (Å²) in [6.45, 7) is 0. The lowest BCUT2D eigenvalue weighted by molar-refractivity contribution is -0.186. The van der Waals surface area contributed by atoms with E-state index in [2.05, 4.69) is 8.75 Å². The highest BCUT2D eigenvalue weighted by Gasteiger charge is 2.47. The van der Waals surface area contributed by atoms with Crippen LogP contribution >= 0.6 is 23.1 Å². The van der Waals surface area contributed by atoms with E-state index in [9.17, 15) is 9.90 Å². The van der Waals surface area contributed by atoms with Gasteiger partial charge in [-0.25, -0.2) is 4.79 Å². The summed E-state index contributed by atoms with van der Waals surface area (Å²) in [4.78, 5) is 13.9. The molecule has 0 aliphatic carbocycles. The maximum absolute atomic E-state index is 12.9. The number of thiophene rings is 1. The number of hydrogen-bond acceptors (Lipinski definition) is 8. The molecular formula is C23H18N2O4S2. The molecule has 1 unspecified atom stereocenters. The standard InChI is InChI=1S/C23H18N2O4S2/c1-28-16-7-5-15(6-8-16)23(27)19(11-14-4-9-20-21(12-14)25-31-24-20)18(22(26)29-23)13-17-3-2-10-30-17/h2-10,12,27H,11,13H2,1H3. The third kappa shape index (κ3) is 3.63. The van der Waals surface area contributed by atoms with Crippen molar-refractivity contribution in [3.63, 3.8) is 0 Å². The summed E-state index contributed by atoms with van der Waals surface area (Å²) in [6.07, 6.45) is 0.757. The van der Waals surface area contributed by atoms with Gasteiger partial charge in [-0.15, -0.1) is 11.3 Å². The van der Waals surface area contributed by atoms with Gasteiger partial charge in [0.2, 0.25) is 0 Å². The molecule has 1 aliphatic rings. The van der Waals surface area contributed by atoms with Crippen molar-refractivity contribution in [2.75, 3.05) is 7.11 Å². The van der Waals surface area contributed by atoms with Crippen molar-refractivity contribution in [2.24, 2.45) is 0 Å². The number of aromatic nitrogens is 2. The summed E-state index contributed by atoms with van der Waals surface area (Å²) < 4.78 is 19.4.